The maximum Gasteiger partial charge on any atom is 0.347 e. The molecule has 0 rings (SSSR count). The van der Waals surface area contributed by atoms with Gasteiger partial charge in [0, 0.05) is 0 Å². The van der Waals surface area contributed by atoms with Crippen LogP contribution in [0.1, 0.15) is 13.8 Å². The number of carboxylic acid groups (broad SMARTS) is 4. The lowest BCUT2D eigenvalue weighted by atomic mass is 10.0. The van der Waals surface area contributed by atoms with Gasteiger partial charge in [0.2, 0.25) is 0 Å². The molecule has 0 spiro atoms. The third kappa shape index (κ3) is 2.50. The summed E-state index contributed by atoms with van der Waals surface area (Å²) in [4.78, 5) is 42.8. The lowest BCUT2D eigenvalue weighted by molar-refractivity contribution is -0.212. The summed E-state index contributed by atoms with van der Waals surface area (Å²) in [6.45, 7) is 1.09. The van der Waals surface area contributed by atoms with E-state index in [1.807, 2.05) is 0 Å². The number of aliphatic carboxylic acids is 4. The van der Waals surface area contributed by atoms with Crippen LogP contribution in [0.4, 0.5) is 0 Å². The molecule has 0 aliphatic heterocycles. The minimum Gasteiger partial charge on any atom is -0.479 e. The molecule has 4 N–H and O–H groups in total. The highest BCUT2D eigenvalue weighted by atomic mass is 16.6. The maximum atomic E-state index is 10.7. The van der Waals surface area contributed by atoms with Gasteiger partial charge < -0.3 is 25.2 Å². The highest BCUT2D eigenvalue weighted by Gasteiger charge is 2.55. The molecular weight excluding hydrogens is 240 g/mol. The van der Waals surface area contributed by atoms with E-state index in [1.54, 1.807) is 0 Å². The number of carbonyl (C=O) groups is 4. The average Bonchev–Trinajstić information content (AvgIpc) is 2.15. The fourth-order valence-corrected chi connectivity index (χ4v) is 0.766. The Labute approximate surface area is 94.2 Å². The van der Waals surface area contributed by atoms with E-state index >= 15 is 0 Å². The van der Waals surface area contributed by atoms with Crippen molar-refractivity contribution in [3.63, 3.8) is 0 Å². The number of hydrogen-bond acceptors (Lipinski definition) is 5. The lowest BCUT2D eigenvalue weighted by Crippen LogP contribution is -2.58. The van der Waals surface area contributed by atoms with Crippen LogP contribution in [0, 0.1) is 0 Å². The smallest absolute Gasteiger partial charge is 0.347 e. The van der Waals surface area contributed by atoms with Crippen molar-refractivity contribution in [1.82, 2.24) is 0 Å². The van der Waals surface area contributed by atoms with Gasteiger partial charge in [0.15, 0.2) is 0 Å². The highest BCUT2D eigenvalue weighted by molar-refractivity contribution is 6.05. The summed E-state index contributed by atoms with van der Waals surface area (Å²) in [6, 6.07) is 0. The third-order valence-electron chi connectivity index (χ3n) is 2.04. The van der Waals surface area contributed by atoms with Crippen molar-refractivity contribution in [2.45, 2.75) is 25.0 Å². The molecule has 9 nitrogen and oxygen atoms in total. The first-order chi connectivity index (χ1) is 7.48. The van der Waals surface area contributed by atoms with E-state index in [9.17, 15) is 19.2 Å². The number of carboxylic acids is 4. The Morgan fingerprint density at radius 2 is 0.882 bits per heavy atom. The van der Waals surface area contributed by atoms with Gasteiger partial charge in [-0.1, -0.05) is 0 Å². The van der Waals surface area contributed by atoms with Crippen LogP contribution in [0.2, 0.25) is 0 Å². The molecule has 9 heteroatoms. The number of hydrogen-bond donors (Lipinski definition) is 4. The standard InChI is InChI=1S/C8H10O9/c1-7(3(9)10,4(11)12)17-8(2,5(13)14)6(15)16/h1-2H3,(H,9,10)(H,11,12)(H,13,14)(H,15,16). The fourth-order valence-electron chi connectivity index (χ4n) is 0.766. The molecule has 0 aromatic carbocycles. The second-order valence-corrected chi connectivity index (χ2v) is 3.39. The first-order valence-corrected chi connectivity index (χ1v) is 4.12. The second kappa shape index (κ2) is 4.37. The Morgan fingerprint density at radius 1 is 0.706 bits per heavy atom. The predicted octanol–water partition coefficient (Wildman–Crippen LogP) is -1.14. The van der Waals surface area contributed by atoms with Crippen molar-refractivity contribution in [2.24, 2.45) is 0 Å². The molecule has 0 aliphatic carbocycles. The molecule has 96 valence electrons. The van der Waals surface area contributed by atoms with Gasteiger partial charge in [-0.15, -0.1) is 0 Å². The van der Waals surface area contributed by atoms with Gasteiger partial charge in [-0.05, 0) is 13.8 Å². The van der Waals surface area contributed by atoms with Crippen LogP contribution in [-0.4, -0.2) is 55.5 Å². The monoisotopic (exact) mass is 250 g/mol. The Kier molecular flexibility index (Phi) is 3.82. The quantitative estimate of drug-likeness (QED) is 0.427. The van der Waals surface area contributed by atoms with Crippen LogP contribution in [0.3, 0.4) is 0 Å². The SMILES string of the molecule is CC(OC(C)(C(=O)O)C(=O)O)(C(=O)O)C(=O)O. The zero-order chi connectivity index (χ0) is 14.0. The molecule has 0 atom stereocenters. The zero-order valence-electron chi connectivity index (χ0n) is 8.83. The van der Waals surface area contributed by atoms with Crippen LogP contribution in [-0.2, 0) is 23.9 Å². The van der Waals surface area contributed by atoms with Gasteiger partial charge in [0.05, 0.1) is 0 Å². The summed E-state index contributed by atoms with van der Waals surface area (Å²) in [5.41, 5.74) is -5.96. The van der Waals surface area contributed by atoms with Crippen molar-refractivity contribution in [2.75, 3.05) is 0 Å². The van der Waals surface area contributed by atoms with Crippen LogP contribution >= 0.6 is 0 Å². The molecule has 0 saturated heterocycles. The maximum absolute atomic E-state index is 10.7. The summed E-state index contributed by atoms with van der Waals surface area (Å²) < 4.78 is 4.27. The second-order valence-electron chi connectivity index (χ2n) is 3.39. The topological polar surface area (TPSA) is 158 Å². The van der Waals surface area contributed by atoms with E-state index in [-0.39, 0.29) is 0 Å². The molecule has 0 saturated carbocycles. The molecule has 0 amide bonds. The molecule has 0 bridgehead atoms. The Bertz CT molecular complexity index is 318. The van der Waals surface area contributed by atoms with Crippen molar-refractivity contribution >= 4 is 23.9 Å². The fraction of sp³-hybridized carbons (Fsp3) is 0.500. The van der Waals surface area contributed by atoms with Gasteiger partial charge in [-0.3, -0.25) is 0 Å². The van der Waals surface area contributed by atoms with Gasteiger partial charge >= 0.3 is 23.9 Å². The molecule has 0 fully saturated rings. The molecule has 0 aliphatic rings. The van der Waals surface area contributed by atoms with Gasteiger partial charge in [-0.2, -0.15) is 0 Å². The van der Waals surface area contributed by atoms with Crippen LogP contribution in [0.15, 0.2) is 0 Å². The van der Waals surface area contributed by atoms with Gasteiger partial charge in [0.25, 0.3) is 11.2 Å². The molecule has 0 aromatic heterocycles. The van der Waals surface area contributed by atoms with E-state index in [0.717, 1.165) is 0 Å². The number of ether oxygens (including phenoxy) is 1. The van der Waals surface area contributed by atoms with Crippen molar-refractivity contribution in [3.05, 3.63) is 0 Å². The van der Waals surface area contributed by atoms with E-state index in [2.05, 4.69) is 4.74 Å². The summed E-state index contributed by atoms with van der Waals surface area (Å²) in [6.07, 6.45) is 0. The molecule has 0 unspecified atom stereocenters. The minimum absolute atomic E-state index is 0.543. The molecule has 17 heavy (non-hydrogen) atoms. The molecule has 0 aromatic rings. The van der Waals surface area contributed by atoms with E-state index in [1.165, 1.54) is 0 Å². The number of rotatable bonds is 6. The first-order valence-electron chi connectivity index (χ1n) is 4.12. The summed E-state index contributed by atoms with van der Waals surface area (Å²) in [5, 5.41) is 34.6. The largest absolute Gasteiger partial charge is 0.479 e. The Hall–Kier alpha value is -2.16. The summed E-state index contributed by atoms with van der Waals surface area (Å²) in [5.74, 6) is -8.06. The lowest BCUT2D eigenvalue weighted by Gasteiger charge is -2.29. The average molecular weight is 250 g/mol. The van der Waals surface area contributed by atoms with Gasteiger partial charge in [0.1, 0.15) is 0 Å². The Morgan fingerprint density at radius 3 is 1.00 bits per heavy atom. The molecule has 0 heterocycles. The minimum atomic E-state index is -2.98. The van der Waals surface area contributed by atoms with Crippen molar-refractivity contribution in [3.8, 4) is 0 Å². The summed E-state index contributed by atoms with van der Waals surface area (Å²) >= 11 is 0. The normalized spacial score (nSPS) is 11.9. The molecule has 0 radical (unpaired) electrons. The molecular formula is C8H10O9. The predicted molar refractivity (Wildman–Crippen MR) is 48.4 cm³/mol. The van der Waals surface area contributed by atoms with E-state index in [0.29, 0.717) is 13.8 Å². The third-order valence-corrected chi connectivity index (χ3v) is 2.04. The van der Waals surface area contributed by atoms with E-state index in [4.69, 9.17) is 20.4 Å². The zero-order valence-corrected chi connectivity index (χ0v) is 8.83. The van der Waals surface area contributed by atoms with Crippen LogP contribution in [0.5, 0.6) is 0 Å². The van der Waals surface area contributed by atoms with Crippen molar-refractivity contribution < 1.29 is 44.3 Å². The van der Waals surface area contributed by atoms with Crippen molar-refractivity contribution in [1.29, 1.82) is 0 Å². The van der Waals surface area contributed by atoms with Crippen LogP contribution in [0.25, 0.3) is 0 Å². The van der Waals surface area contributed by atoms with E-state index < -0.39 is 35.1 Å². The Balaban J connectivity index is 5.53. The summed E-state index contributed by atoms with van der Waals surface area (Å²) in [7, 11) is 0. The van der Waals surface area contributed by atoms with Gasteiger partial charge in [-0.25, -0.2) is 19.2 Å². The first kappa shape index (κ1) is 14.8. The van der Waals surface area contributed by atoms with Crippen LogP contribution < -0.4 is 0 Å². The highest BCUT2D eigenvalue weighted by Crippen LogP contribution is 2.22.